The van der Waals surface area contributed by atoms with Gasteiger partial charge in [0, 0.05) is 0 Å². The van der Waals surface area contributed by atoms with E-state index in [-0.39, 0.29) is 17.9 Å². The van der Waals surface area contributed by atoms with Crippen LogP contribution in [0.25, 0.3) is 0 Å². The van der Waals surface area contributed by atoms with E-state index >= 15 is 0 Å². The van der Waals surface area contributed by atoms with Crippen LogP contribution in [0.5, 0.6) is 0 Å². The van der Waals surface area contributed by atoms with E-state index in [0.717, 1.165) is 5.57 Å². The van der Waals surface area contributed by atoms with Gasteiger partial charge < -0.3 is 5.32 Å². The van der Waals surface area contributed by atoms with E-state index in [2.05, 4.69) is 10.6 Å². The fraction of sp³-hybridized carbons (Fsp3) is 0.333. The van der Waals surface area contributed by atoms with Gasteiger partial charge in [-0.1, -0.05) is 23.8 Å². The lowest BCUT2D eigenvalue weighted by Gasteiger charge is -2.29. The molecule has 1 aliphatic carbocycles. The van der Waals surface area contributed by atoms with E-state index in [1.54, 1.807) is 0 Å². The molecule has 2 atom stereocenters. The molecule has 0 aromatic rings. The molecule has 68 valence electrons. The molecular formula is C9H10N2O2. The first kappa shape index (κ1) is 8.04. The Balaban J connectivity index is 2.27. The van der Waals surface area contributed by atoms with Crippen LogP contribution in [0.2, 0.25) is 0 Å². The normalized spacial score (nSPS) is 31.6. The van der Waals surface area contributed by atoms with Crippen molar-refractivity contribution >= 4 is 11.9 Å². The van der Waals surface area contributed by atoms with E-state index in [1.165, 1.54) is 0 Å². The summed E-state index contributed by atoms with van der Waals surface area (Å²) in [7, 11) is 0. The number of urea groups is 1. The molecule has 0 saturated carbocycles. The second kappa shape index (κ2) is 2.73. The van der Waals surface area contributed by atoms with Crippen LogP contribution in [-0.4, -0.2) is 18.0 Å². The molecule has 0 radical (unpaired) electrons. The third-order valence-electron chi connectivity index (χ3n) is 2.23. The molecule has 3 amide bonds. The first-order chi connectivity index (χ1) is 6.16. The summed E-state index contributed by atoms with van der Waals surface area (Å²) >= 11 is 0. The molecule has 13 heavy (non-hydrogen) atoms. The zero-order valence-corrected chi connectivity index (χ0v) is 7.20. The molecule has 0 bridgehead atoms. The van der Waals surface area contributed by atoms with Crippen molar-refractivity contribution in [3.63, 3.8) is 0 Å². The van der Waals surface area contributed by atoms with Crippen LogP contribution < -0.4 is 10.6 Å². The second-order valence-corrected chi connectivity index (χ2v) is 3.28. The van der Waals surface area contributed by atoms with Crippen molar-refractivity contribution in [2.24, 2.45) is 5.92 Å². The molecule has 0 aromatic carbocycles. The SMILES string of the molecule is CC1=CC2C(=O)NC(=O)NC2C=C1. The number of amides is 3. The van der Waals surface area contributed by atoms with E-state index in [9.17, 15) is 9.59 Å². The Bertz CT molecular complexity index is 331. The average Bonchev–Trinajstić information content (AvgIpc) is 2.06. The Morgan fingerprint density at radius 2 is 2.15 bits per heavy atom. The summed E-state index contributed by atoms with van der Waals surface area (Å²) in [6.45, 7) is 1.93. The molecule has 2 unspecified atom stereocenters. The second-order valence-electron chi connectivity index (χ2n) is 3.28. The van der Waals surface area contributed by atoms with Crippen molar-refractivity contribution in [3.8, 4) is 0 Å². The lowest BCUT2D eigenvalue weighted by molar-refractivity contribution is -0.123. The smallest absolute Gasteiger partial charge is 0.321 e. The van der Waals surface area contributed by atoms with Crippen LogP contribution >= 0.6 is 0 Å². The van der Waals surface area contributed by atoms with Gasteiger partial charge in [-0.05, 0) is 6.92 Å². The largest absolute Gasteiger partial charge is 0.330 e. The standard InChI is InChI=1S/C9H10N2O2/c1-5-2-3-7-6(4-5)8(12)11-9(13)10-7/h2-4,6-7H,1H3,(H2,10,11,12,13). The van der Waals surface area contributed by atoms with Gasteiger partial charge in [-0.3, -0.25) is 10.1 Å². The third-order valence-corrected chi connectivity index (χ3v) is 2.23. The first-order valence-electron chi connectivity index (χ1n) is 4.15. The van der Waals surface area contributed by atoms with Crippen molar-refractivity contribution < 1.29 is 9.59 Å². The van der Waals surface area contributed by atoms with Crippen molar-refractivity contribution in [3.05, 3.63) is 23.8 Å². The maximum absolute atomic E-state index is 11.3. The molecule has 4 heteroatoms. The van der Waals surface area contributed by atoms with Gasteiger partial charge in [0.05, 0.1) is 12.0 Å². The van der Waals surface area contributed by atoms with Gasteiger partial charge in [0.25, 0.3) is 0 Å². The zero-order chi connectivity index (χ0) is 9.42. The van der Waals surface area contributed by atoms with E-state index in [1.807, 2.05) is 25.2 Å². The van der Waals surface area contributed by atoms with Gasteiger partial charge in [0.15, 0.2) is 0 Å². The van der Waals surface area contributed by atoms with Crippen molar-refractivity contribution in [1.82, 2.24) is 10.6 Å². The van der Waals surface area contributed by atoms with Crippen molar-refractivity contribution in [1.29, 1.82) is 0 Å². The predicted molar refractivity (Wildman–Crippen MR) is 46.8 cm³/mol. The fourth-order valence-corrected chi connectivity index (χ4v) is 1.58. The van der Waals surface area contributed by atoms with Crippen molar-refractivity contribution in [2.45, 2.75) is 13.0 Å². The Hall–Kier alpha value is -1.58. The highest BCUT2D eigenvalue weighted by atomic mass is 16.2. The number of allylic oxidation sites excluding steroid dienone is 2. The number of imide groups is 1. The topological polar surface area (TPSA) is 58.2 Å². The molecule has 2 N–H and O–H groups in total. The Morgan fingerprint density at radius 1 is 1.38 bits per heavy atom. The lowest BCUT2D eigenvalue weighted by atomic mass is 9.90. The highest BCUT2D eigenvalue weighted by Crippen LogP contribution is 2.19. The summed E-state index contributed by atoms with van der Waals surface area (Å²) < 4.78 is 0. The molecular weight excluding hydrogens is 168 g/mol. The highest BCUT2D eigenvalue weighted by molar-refractivity contribution is 5.99. The molecule has 1 heterocycles. The zero-order valence-electron chi connectivity index (χ0n) is 7.20. The molecule has 2 aliphatic rings. The number of carbonyl (C=O) groups excluding carboxylic acids is 2. The maximum atomic E-state index is 11.3. The Morgan fingerprint density at radius 3 is 2.92 bits per heavy atom. The summed E-state index contributed by atoms with van der Waals surface area (Å²) in [5.74, 6) is -0.472. The van der Waals surface area contributed by atoms with Gasteiger partial charge >= 0.3 is 6.03 Å². The monoisotopic (exact) mass is 178 g/mol. The first-order valence-corrected chi connectivity index (χ1v) is 4.15. The molecule has 1 saturated heterocycles. The summed E-state index contributed by atoms with van der Waals surface area (Å²) in [5.41, 5.74) is 1.05. The van der Waals surface area contributed by atoms with Gasteiger partial charge in [-0.15, -0.1) is 0 Å². The number of nitrogens with one attached hydrogen (secondary N) is 2. The molecule has 0 spiro atoms. The molecule has 1 aliphatic heterocycles. The van der Waals surface area contributed by atoms with Crippen molar-refractivity contribution in [2.75, 3.05) is 0 Å². The predicted octanol–water partition coefficient (Wildman–Crippen LogP) is 0.327. The molecule has 0 aromatic heterocycles. The Labute approximate surface area is 75.7 Å². The number of hydrogen-bond acceptors (Lipinski definition) is 2. The maximum Gasteiger partial charge on any atom is 0.321 e. The van der Waals surface area contributed by atoms with Crippen LogP contribution in [0, 0.1) is 5.92 Å². The minimum absolute atomic E-state index is 0.176. The fourth-order valence-electron chi connectivity index (χ4n) is 1.58. The van der Waals surface area contributed by atoms with Crippen LogP contribution in [0.3, 0.4) is 0 Å². The Kier molecular flexibility index (Phi) is 1.69. The highest BCUT2D eigenvalue weighted by Gasteiger charge is 2.33. The minimum atomic E-state index is -0.413. The third kappa shape index (κ3) is 1.35. The van der Waals surface area contributed by atoms with Crippen LogP contribution in [0.15, 0.2) is 23.8 Å². The summed E-state index contributed by atoms with van der Waals surface area (Å²) in [5, 5.41) is 4.90. The summed E-state index contributed by atoms with van der Waals surface area (Å²) in [6.07, 6.45) is 5.61. The molecule has 4 nitrogen and oxygen atoms in total. The van der Waals surface area contributed by atoms with Crippen LogP contribution in [0.4, 0.5) is 4.79 Å². The average molecular weight is 178 g/mol. The number of rotatable bonds is 0. The van der Waals surface area contributed by atoms with E-state index in [0.29, 0.717) is 0 Å². The quantitative estimate of drug-likeness (QED) is 0.561. The summed E-state index contributed by atoms with van der Waals surface area (Å²) in [6, 6.07) is -0.589. The summed E-state index contributed by atoms with van der Waals surface area (Å²) in [4.78, 5) is 22.2. The number of fused-ring (bicyclic) bond motifs is 1. The number of hydrogen-bond donors (Lipinski definition) is 2. The van der Waals surface area contributed by atoms with Crippen LogP contribution in [-0.2, 0) is 4.79 Å². The van der Waals surface area contributed by atoms with E-state index < -0.39 is 6.03 Å². The van der Waals surface area contributed by atoms with Gasteiger partial charge in [-0.2, -0.15) is 0 Å². The van der Waals surface area contributed by atoms with Gasteiger partial charge in [0.2, 0.25) is 5.91 Å². The van der Waals surface area contributed by atoms with Crippen LogP contribution in [0.1, 0.15) is 6.92 Å². The molecule has 1 fully saturated rings. The molecule has 2 rings (SSSR count). The number of carbonyl (C=O) groups is 2. The lowest BCUT2D eigenvalue weighted by Crippen LogP contribution is -2.57. The minimum Gasteiger partial charge on any atom is -0.330 e. The van der Waals surface area contributed by atoms with Gasteiger partial charge in [-0.25, -0.2) is 4.79 Å². The van der Waals surface area contributed by atoms with E-state index in [4.69, 9.17) is 0 Å². The van der Waals surface area contributed by atoms with Gasteiger partial charge in [0.1, 0.15) is 0 Å².